The van der Waals surface area contributed by atoms with Crippen molar-refractivity contribution >= 4 is 23.7 Å². The second-order valence-corrected chi connectivity index (χ2v) is 4.92. The Morgan fingerprint density at radius 3 is 2.15 bits per heavy atom. The first-order chi connectivity index (χ1) is 9.63. The molecule has 0 unspecified atom stereocenters. The molecule has 0 N–H and O–H groups in total. The van der Waals surface area contributed by atoms with E-state index in [1.165, 1.54) is 0 Å². The quantitative estimate of drug-likeness (QED) is 0.440. The second kappa shape index (κ2) is 8.64. The van der Waals surface area contributed by atoms with Gasteiger partial charge in [0.1, 0.15) is 0 Å². The Morgan fingerprint density at radius 2 is 1.65 bits per heavy atom. The monoisotopic (exact) mass is 296 g/mol. The summed E-state index contributed by atoms with van der Waals surface area (Å²) in [5.74, 6) is -1.95. The molecule has 0 bridgehead atoms. The average molecular weight is 296 g/mol. The first-order valence-corrected chi connectivity index (χ1v) is 7.81. The van der Waals surface area contributed by atoms with Crippen molar-refractivity contribution in [2.45, 2.75) is 25.2 Å². The Kier molecular flexibility index (Phi) is 7.15. The van der Waals surface area contributed by atoms with Gasteiger partial charge in [-0.25, -0.2) is 0 Å². The Balaban J connectivity index is 2.93. The molecule has 0 saturated heterocycles. The van der Waals surface area contributed by atoms with Crippen molar-refractivity contribution in [1.29, 1.82) is 0 Å². The van der Waals surface area contributed by atoms with E-state index in [-0.39, 0.29) is 13.2 Å². The first-order valence-electron chi connectivity index (χ1n) is 6.59. The van der Waals surface area contributed by atoms with Crippen LogP contribution < -0.4 is 0 Å². The van der Waals surface area contributed by atoms with Gasteiger partial charge in [0.25, 0.3) is 0 Å². The molecule has 0 radical (unpaired) electrons. The van der Waals surface area contributed by atoms with Gasteiger partial charge in [0.2, 0.25) is 0 Å². The van der Waals surface area contributed by atoms with E-state index in [0.29, 0.717) is 6.42 Å². The zero-order valence-corrected chi connectivity index (χ0v) is 12.9. The predicted molar refractivity (Wildman–Crippen MR) is 78.7 cm³/mol. The van der Waals surface area contributed by atoms with E-state index in [9.17, 15) is 9.59 Å². The average Bonchev–Trinajstić information content (AvgIpc) is 2.45. The lowest BCUT2D eigenvalue weighted by molar-refractivity contribution is -0.161. The maximum absolute atomic E-state index is 11.9. The van der Waals surface area contributed by atoms with Crippen LogP contribution in [-0.4, -0.2) is 31.4 Å². The molecule has 1 rings (SSSR count). The van der Waals surface area contributed by atoms with Crippen molar-refractivity contribution in [3.63, 3.8) is 0 Å². The van der Waals surface area contributed by atoms with Crippen molar-refractivity contribution in [1.82, 2.24) is 0 Å². The van der Waals surface area contributed by atoms with Crippen LogP contribution in [-0.2, 0) is 25.5 Å². The smallest absolute Gasteiger partial charge is 0.320 e. The normalized spacial score (nSPS) is 10.4. The molecular formula is C15H20O4S. The molecule has 0 aliphatic rings. The molecular weight excluding hydrogens is 276 g/mol. The summed E-state index contributed by atoms with van der Waals surface area (Å²) in [5.41, 5.74) is 0.950. The molecule has 0 atom stereocenters. The summed E-state index contributed by atoms with van der Waals surface area (Å²) >= 11 is 1.58. The summed E-state index contributed by atoms with van der Waals surface area (Å²) in [6.07, 6.45) is 2.26. The predicted octanol–water partition coefficient (Wildman–Crippen LogP) is 2.69. The Morgan fingerprint density at radius 1 is 1.10 bits per heavy atom. The minimum absolute atomic E-state index is 0.249. The van der Waals surface area contributed by atoms with Crippen molar-refractivity contribution in [3.05, 3.63) is 29.8 Å². The van der Waals surface area contributed by atoms with Gasteiger partial charge in [0.05, 0.1) is 13.2 Å². The van der Waals surface area contributed by atoms with E-state index < -0.39 is 17.9 Å². The maximum atomic E-state index is 11.9. The Hall–Kier alpha value is -1.49. The van der Waals surface area contributed by atoms with Crippen LogP contribution in [0.3, 0.4) is 0 Å². The first kappa shape index (κ1) is 16.6. The molecule has 0 spiro atoms. The van der Waals surface area contributed by atoms with Gasteiger partial charge in [0, 0.05) is 4.90 Å². The highest BCUT2D eigenvalue weighted by molar-refractivity contribution is 7.98. The number of carbonyl (C=O) groups excluding carboxylic acids is 2. The van der Waals surface area contributed by atoms with Crippen LogP contribution in [0.4, 0.5) is 0 Å². The van der Waals surface area contributed by atoms with Gasteiger partial charge >= 0.3 is 11.9 Å². The molecule has 5 heteroatoms. The lowest BCUT2D eigenvalue weighted by atomic mass is 9.99. The number of hydrogen-bond donors (Lipinski definition) is 0. The van der Waals surface area contributed by atoms with Gasteiger partial charge < -0.3 is 9.47 Å². The van der Waals surface area contributed by atoms with Crippen LogP contribution in [0.5, 0.6) is 0 Å². The van der Waals surface area contributed by atoms with Crippen LogP contribution in [0, 0.1) is 5.92 Å². The minimum Gasteiger partial charge on any atom is -0.465 e. The number of rotatable bonds is 7. The van der Waals surface area contributed by atoms with E-state index in [2.05, 4.69) is 0 Å². The molecule has 0 amide bonds. The maximum Gasteiger partial charge on any atom is 0.320 e. The molecule has 1 aromatic rings. The molecule has 0 aliphatic heterocycles. The highest BCUT2D eigenvalue weighted by Crippen LogP contribution is 2.23. The van der Waals surface area contributed by atoms with Gasteiger partial charge in [0.15, 0.2) is 5.92 Å². The summed E-state index contributed by atoms with van der Waals surface area (Å²) in [6, 6.07) is 7.70. The zero-order valence-electron chi connectivity index (χ0n) is 12.0. The molecule has 20 heavy (non-hydrogen) atoms. The van der Waals surface area contributed by atoms with Gasteiger partial charge in [-0.15, -0.1) is 11.8 Å². The Labute approximate surface area is 123 Å². The largest absolute Gasteiger partial charge is 0.465 e. The molecule has 1 aromatic carbocycles. The number of esters is 2. The number of carbonyl (C=O) groups is 2. The van der Waals surface area contributed by atoms with E-state index in [0.717, 1.165) is 10.5 Å². The third-order valence-electron chi connectivity index (χ3n) is 2.76. The highest BCUT2D eigenvalue weighted by atomic mass is 32.2. The van der Waals surface area contributed by atoms with Crippen LogP contribution in [0.2, 0.25) is 0 Å². The van der Waals surface area contributed by atoms with Gasteiger partial charge in [-0.05, 0) is 38.2 Å². The van der Waals surface area contributed by atoms with Crippen molar-refractivity contribution in [2.75, 3.05) is 19.5 Å². The van der Waals surface area contributed by atoms with Crippen LogP contribution in [0.1, 0.15) is 19.4 Å². The summed E-state index contributed by atoms with van der Waals surface area (Å²) in [5, 5.41) is 0. The van der Waals surface area contributed by atoms with Crippen molar-refractivity contribution in [2.24, 2.45) is 5.92 Å². The number of ether oxygens (including phenoxy) is 2. The standard InChI is InChI=1S/C15H20O4S/c1-4-18-14(16)12(15(17)19-5-2)10-11-8-6-7-9-13(11)20-3/h6-9,12H,4-5,10H2,1-3H3. The number of hydrogen-bond acceptors (Lipinski definition) is 5. The molecule has 0 heterocycles. The summed E-state index contributed by atoms with van der Waals surface area (Å²) in [6.45, 7) is 3.93. The van der Waals surface area contributed by atoms with E-state index >= 15 is 0 Å². The van der Waals surface area contributed by atoms with E-state index in [1.807, 2.05) is 30.5 Å². The number of thioether (sulfide) groups is 1. The molecule has 4 nitrogen and oxygen atoms in total. The molecule has 0 aliphatic carbocycles. The Bertz CT molecular complexity index is 441. The third-order valence-corrected chi connectivity index (χ3v) is 3.60. The highest BCUT2D eigenvalue weighted by Gasteiger charge is 2.30. The van der Waals surface area contributed by atoms with Gasteiger partial charge in [-0.2, -0.15) is 0 Å². The lowest BCUT2D eigenvalue weighted by Gasteiger charge is -2.15. The molecule has 0 aromatic heterocycles. The molecule has 0 saturated carbocycles. The fourth-order valence-corrected chi connectivity index (χ4v) is 2.47. The molecule has 110 valence electrons. The van der Waals surface area contributed by atoms with Gasteiger partial charge in [-0.1, -0.05) is 18.2 Å². The molecule has 0 fully saturated rings. The summed E-state index contributed by atoms with van der Waals surface area (Å²) in [7, 11) is 0. The summed E-state index contributed by atoms with van der Waals surface area (Å²) < 4.78 is 9.94. The van der Waals surface area contributed by atoms with Gasteiger partial charge in [-0.3, -0.25) is 9.59 Å². The zero-order chi connectivity index (χ0) is 15.0. The SMILES string of the molecule is CCOC(=O)C(Cc1ccccc1SC)C(=O)OCC. The fourth-order valence-electron chi connectivity index (χ4n) is 1.84. The van der Waals surface area contributed by atoms with Crippen LogP contribution >= 0.6 is 11.8 Å². The third kappa shape index (κ3) is 4.56. The van der Waals surface area contributed by atoms with Crippen molar-refractivity contribution < 1.29 is 19.1 Å². The van der Waals surface area contributed by atoms with Crippen LogP contribution in [0.15, 0.2) is 29.2 Å². The number of benzene rings is 1. The van der Waals surface area contributed by atoms with E-state index in [4.69, 9.17) is 9.47 Å². The van der Waals surface area contributed by atoms with E-state index in [1.54, 1.807) is 25.6 Å². The second-order valence-electron chi connectivity index (χ2n) is 4.07. The van der Waals surface area contributed by atoms with Crippen LogP contribution in [0.25, 0.3) is 0 Å². The lowest BCUT2D eigenvalue weighted by Crippen LogP contribution is -2.30. The topological polar surface area (TPSA) is 52.6 Å². The summed E-state index contributed by atoms with van der Waals surface area (Å²) in [4.78, 5) is 24.9. The fraction of sp³-hybridized carbons (Fsp3) is 0.467. The van der Waals surface area contributed by atoms with Crippen molar-refractivity contribution in [3.8, 4) is 0 Å². The minimum atomic E-state index is -0.900.